The van der Waals surface area contributed by atoms with Gasteiger partial charge in [-0.25, -0.2) is 0 Å². The Morgan fingerprint density at radius 1 is 1.00 bits per heavy atom. The highest BCUT2D eigenvalue weighted by Gasteiger charge is 2.51. The van der Waals surface area contributed by atoms with Crippen LogP contribution in [0.5, 0.6) is 0 Å². The Morgan fingerprint density at radius 3 is 2.18 bits per heavy atom. The number of hydrogen-bond donors (Lipinski definition) is 1. The van der Waals surface area contributed by atoms with E-state index in [0.717, 1.165) is 24.4 Å². The monoisotopic (exact) mass is 235 g/mol. The SMILES string of the molecule is C1CNC(COC23CC4CC(CC(C4)C2)C3)C1. The highest BCUT2D eigenvalue weighted by Crippen LogP contribution is 2.57. The van der Waals surface area contributed by atoms with E-state index in [4.69, 9.17) is 4.74 Å². The fourth-order valence-corrected chi connectivity index (χ4v) is 5.38. The normalized spacial score (nSPS) is 52.2. The largest absolute Gasteiger partial charge is 0.373 e. The lowest BCUT2D eigenvalue weighted by Gasteiger charge is -2.56. The van der Waals surface area contributed by atoms with E-state index in [-0.39, 0.29) is 0 Å². The Hall–Kier alpha value is -0.0800. The Kier molecular flexibility index (Phi) is 2.52. The van der Waals surface area contributed by atoms with Crippen molar-refractivity contribution in [1.82, 2.24) is 5.32 Å². The van der Waals surface area contributed by atoms with Crippen LogP contribution in [0.15, 0.2) is 0 Å². The van der Waals surface area contributed by atoms with Crippen LogP contribution < -0.4 is 5.32 Å². The molecule has 1 unspecified atom stereocenters. The van der Waals surface area contributed by atoms with Gasteiger partial charge in [0, 0.05) is 6.04 Å². The van der Waals surface area contributed by atoms with Gasteiger partial charge in [-0.3, -0.25) is 0 Å². The molecular formula is C15H25NO. The van der Waals surface area contributed by atoms with E-state index in [9.17, 15) is 0 Å². The van der Waals surface area contributed by atoms with Gasteiger partial charge in [-0.15, -0.1) is 0 Å². The smallest absolute Gasteiger partial charge is 0.0691 e. The van der Waals surface area contributed by atoms with Gasteiger partial charge >= 0.3 is 0 Å². The van der Waals surface area contributed by atoms with Gasteiger partial charge in [0.05, 0.1) is 12.2 Å². The molecular weight excluding hydrogens is 210 g/mol. The van der Waals surface area contributed by atoms with Crippen LogP contribution in [0.1, 0.15) is 51.4 Å². The Bertz CT molecular complexity index is 260. The second-order valence-corrected chi connectivity index (χ2v) is 7.20. The molecule has 0 aromatic heterocycles. The van der Waals surface area contributed by atoms with Crippen LogP contribution in [0.25, 0.3) is 0 Å². The molecule has 0 amide bonds. The zero-order valence-electron chi connectivity index (χ0n) is 10.8. The highest BCUT2D eigenvalue weighted by molar-refractivity contribution is 5.03. The molecule has 2 heteroatoms. The molecule has 1 aliphatic heterocycles. The maximum atomic E-state index is 6.46. The van der Waals surface area contributed by atoms with E-state index < -0.39 is 0 Å². The average molecular weight is 235 g/mol. The lowest BCUT2D eigenvalue weighted by molar-refractivity contribution is -0.165. The third-order valence-corrected chi connectivity index (χ3v) is 5.74. The van der Waals surface area contributed by atoms with E-state index in [2.05, 4.69) is 5.32 Å². The lowest BCUT2D eigenvalue weighted by atomic mass is 9.54. The number of hydrogen-bond acceptors (Lipinski definition) is 2. The van der Waals surface area contributed by atoms with Crippen molar-refractivity contribution in [3.63, 3.8) is 0 Å². The third kappa shape index (κ3) is 1.94. The third-order valence-electron chi connectivity index (χ3n) is 5.74. The summed E-state index contributed by atoms with van der Waals surface area (Å²) in [5.74, 6) is 3.04. The quantitative estimate of drug-likeness (QED) is 0.812. The van der Waals surface area contributed by atoms with Crippen LogP contribution in [0, 0.1) is 17.8 Å². The van der Waals surface area contributed by atoms with Crippen molar-refractivity contribution in [2.45, 2.75) is 63.0 Å². The molecule has 4 aliphatic carbocycles. The van der Waals surface area contributed by atoms with Crippen molar-refractivity contribution in [1.29, 1.82) is 0 Å². The molecule has 0 aromatic rings. The Balaban J connectivity index is 1.42. The minimum absolute atomic E-state index is 0.318. The van der Waals surface area contributed by atoms with Crippen molar-refractivity contribution in [2.24, 2.45) is 17.8 Å². The molecule has 1 N–H and O–H groups in total. The topological polar surface area (TPSA) is 21.3 Å². The van der Waals surface area contributed by atoms with Crippen molar-refractivity contribution < 1.29 is 4.74 Å². The van der Waals surface area contributed by atoms with E-state index in [1.807, 2.05) is 0 Å². The average Bonchev–Trinajstić information content (AvgIpc) is 2.77. The van der Waals surface area contributed by atoms with Gasteiger partial charge in [0.2, 0.25) is 0 Å². The molecule has 0 radical (unpaired) electrons. The maximum Gasteiger partial charge on any atom is 0.0691 e. The number of ether oxygens (including phenoxy) is 1. The number of rotatable bonds is 3. The molecule has 5 rings (SSSR count). The second-order valence-electron chi connectivity index (χ2n) is 7.20. The van der Waals surface area contributed by atoms with Gasteiger partial charge < -0.3 is 10.1 Å². The summed E-state index contributed by atoms with van der Waals surface area (Å²) in [7, 11) is 0. The fraction of sp³-hybridized carbons (Fsp3) is 1.00. The van der Waals surface area contributed by atoms with Crippen molar-refractivity contribution in [2.75, 3.05) is 13.2 Å². The molecule has 5 aliphatic rings. The molecule has 1 saturated heterocycles. The van der Waals surface area contributed by atoms with Crippen LogP contribution in [0.4, 0.5) is 0 Å². The van der Waals surface area contributed by atoms with Gasteiger partial charge in [-0.1, -0.05) is 0 Å². The minimum Gasteiger partial charge on any atom is -0.373 e. The first-order valence-corrected chi connectivity index (χ1v) is 7.69. The summed E-state index contributed by atoms with van der Waals surface area (Å²) in [6.07, 6.45) is 11.4. The second kappa shape index (κ2) is 3.96. The van der Waals surface area contributed by atoms with Crippen LogP contribution >= 0.6 is 0 Å². The molecule has 96 valence electrons. The van der Waals surface area contributed by atoms with Gasteiger partial charge in [-0.05, 0) is 75.7 Å². The summed E-state index contributed by atoms with van der Waals surface area (Å²) in [4.78, 5) is 0. The Morgan fingerprint density at radius 2 is 1.65 bits per heavy atom. The van der Waals surface area contributed by atoms with Gasteiger partial charge in [0.15, 0.2) is 0 Å². The summed E-state index contributed by atoms with van der Waals surface area (Å²) >= 11 is 0. The Labute approximate surface area is 104 Å². The molecule has 0 spiro atoms. The minimum atomic E-state index is 0.318. The lowest BCUT2D eigenvalue weighted by Crippen LogP contribution is -2.53. The molecule has 1 atom stereocenters. The van der Waals surface area contributed by atoms with Gasteiger partial charge in [0.1, 0.15) is 0 Å². The molecule has 2 nitrogen and oxygen atoms in total. The first-order chi connectivity index (χ1) is 8.31. The van der Waals surface area contributed by atoms with E-state index in [1.165, 1.54) is 57.9 Å². The van der Waals surface area contributed by atoms with E-state index in [0.29, 0.717) is 11.6 Å². The summed E-state index contributed by atoms with van der Waals surface area (Å²) in [5.41, 5.74) is 0.318. The fourth-order valence-electron chi connectivity index (χ4n) is 5.38. The van der Waals surface area contributed by atoms with E-state index >= 15 is 0 Å². The number of nitrogens with one attached hydrogen (secondary N) is 1. The van der Waals surface area contributed by atoms with Crippen LogP contribution in [-0.4, -0.2) is 24.8 Å². The highest BCUT2D eigenvalue weighted by atomic mass is 16.5. The van der Waals surface area contributed by atoms with Crippen molar-refractivity contribution >= 4 is 0 Å². The van der Waals surface area contributed by atoms with Crippen LogP contribution in [0.3, 0.4) is 0 Å². The van der Waals surface area contributed by atoms with Crippen LogP contribution in [-0.2, 0) is 4.74 Å². The van der Waals surface area contributed by atoms with Crippen LogP contribution in [0.2, 0.25) is 0 Å². The molecule has 1 heterocycles. The van der Waals surface area contributed by atoms with E-state index in [1.54, 1.807) is 0 Å². The first kappa shape index (κ1) is 10.8. The summed E-state index contributed by atoms with van der Waals surface area (Å²) < 4.78 is 6.46. The summed E-state index contributed by atoms with van der Waals surface area (Å²) in [6.45, 7) is 2.18. The predicted molar refractivity (Wildman–Crippen MR) is 67.9 cm³/mol. The summed E-state index contributed by atoms with van der Waals surface area (Å²) in [5, 5.41) is 3.56. The molecule has 5 fully saturated rings. The van der Waals surface area contributed by atoms with Gasteiger partial charge in [0.25, 0.3) is 0 Å². The van der Waals surface area contributed by atoms with Crippen molar-refractivity contribution in [3.8, 4) is 0 Å². The molecule has 0 aromatic carbocycles. The first-order valence-electron chi connectivity index (χ1n) is 7.69. The maximum absolute atomic E-state index is 6.46. The zero-order chi connectivity index (χ0) is 11.3. The molecule has 4 bridgehead atoms. The van der Waals surface area contributed by atoms with Gasteiger partial charge in [-0.2, -0.15) is 0 Å². The summed E-state index contributed by atoms with van der Waals surface area (Å²) in [6, 6.07) is 0.656. The zero-order valence-corrected chi connectivity index (χ0v) is 10.8. The van der Waals surface area contributed by atoms with Crippen molar-refractivity contribution in [3.05, 3.63) is 0 Å². The molecule has 17 heavy (non-hydrogen) atoms. The predicted octanol–water partition coefficient (Wildman–Crippen LogP) is 2.72. The molecule has 4 saturated carbocycles. The standard InChI is InChI=1S/C15H25NO/c1-2-14(16-3-1)10-17-15-7-11-4-12(8-15)6-13(5-11)9-15/h11-14,16H,1-10H2.